The Labute approximate surface area is 109 Å². The maximum Gasteiger partial charge on any atom is 0.269 e. The van der Waals surface area contributed by atoms with Gasteiger partial charge >= 0.3 is 0 Å². The Morgan fingerprint density at radius 2 is 2.06 bits per heavy atom. The summed E-state index contributed by atoms with van der Waals surface area (Å²) in [6, 6.07) is 3.80. The first-order chi connectivity index (χ1) is 8.30. The molecule has 0 aliphatic heterocycles. The lowest BCUT2D eigenvalue weighted by Crippen LogP contribution is -2.29. The fraction of sp³-hybridized carbons (Fsp3) is 0.600. The number of hydrogen-bond donors (Lipinski definition) is 1. The Bertz CT molecular complexity index is 439. The molecule has 3 nitrogen and oxygen atoms in total. The van der Waals surface area contributed by atoms with Crippen molar-refractivity contribution in [2.75, 3.05) is 6.54 Å². The van der Waals surface area contributed by atoms with Gasteiger partial charge in [0.15, 0.2) is 0 Å². The Balaban J connectivity index is 1.98. The van der Waals surface area contributed by atoms with Gasteiger partial charge in [-0.15, -0.1) is 0 Å². The third kappa shape index (κ3) is 3.09. The Hall–Kier alpha value is -1.38. The van der Waals surface area contributed by atoms with Crippen molar-refractivity contribution in [3.8, 4) is 0 Å². The Morgan fingerprint density at radius 3 is 2.50 bits per heavy atom. The molecule has 1 heterocycles. The van der Waals surface area contributed by atoms with Gasteiger partial charge in [0.05, 0.1) is 0 Å². The van der Waals surface area contributed by atoms with Crippen LogP contribution in [-0.4, -0.2) is 17.4 Å². The second-order valence-electron chi connectivity index (χ2n) is 6.68. The summed E-state index contributed by atoms with van der Waals surface area (Å²) in [5.41, 5.74) is 2.06. The summed E-state index contributed by atoms with van der Waals surface area (Å²) in [6.07, 6.45) is 4.22. The maximum atomic E-state index is 11.9. The number of nitrogens with one attached hydrogen (secondary N) is 1. The van der Waals surface area contributed by atoms with Crippen LogP contribution in [0.3, 0.4) is 0 Å². The lowest BCUT2D eigenvalue weighted by Gasteiger charge is -2.18. The molecule has 1 aromatic heterocycles. The molecule has 1 aromatic rings. The highest BCUT2D eigenvalue weighted by molar-refractivity contribution is 5.92. The number of pyridine rings is 1. The first-order valence-electron chi connectivity index (χ1n) is 6.55. The van der Waals surface area contributed by atoms with Crippen LogP contribution in [0.15, 0.2) is 18.3 Å². The van der Waals surface area contributed by atoms with Crippen molar-refractivity contribution in [3.05, 3.63) is 29.6 Å². The minimum Gasteiger partial charge on any atom is -0.350 e. The summed E-state index contributed by atoms with van der Waals surface area (Å²) >= 11 is 0. The van der Waals surface area contributed by atoms with Crippen molar-refractivity contribution in [1.82, 2.24) is 10.3 Å². The zero-order valence-electron chi connectivity index (χ0n) is 11.7. The number of carbonyl (C=O) groups excluding carboxylic acids is 1. The van der Waals surface area contributed by atoms with Crippen LogP contribution in [0.5, 0.6) is 0 Å². The highest BCUT2D eigenvalue weighted by Crippen LogP contribution is 2.44. The van der Waals surface area contributed by atoms with Gasteiger partial charge in [0.25, 0.3) is 5.91 Å². The minimum atomic E-state index is -0.0661. The van der Waals surface area contributed by atoms with E-state index in [0.29, 0.717) is 11.1 Å². The van der Waals surface area contributed by atoms with Gasteiger partial charge in [-0.3, -0.25) is 9.78 Å². The summed E-state index contributed by atoms with van der Waals surface area (Å²) in [5.74, 6) is -0.0661. The van der Waals surface area contributed by atoms with Crippen LogP contribution < -0.4 is 5.32 Å². The number of nitrogens with zero attached hydrogens (tertiary/aromatic N) is 1. The smallest absolute Gasteiger partial charge is 0.269 e. The van der Waals surface area contributed by atoms with Crippen molar-refractivity contribution in [3.63, 3.8) is 0 Å². The summed E-state index contributed by atoms with van der Waals surface area (Å²) in [7, 11) is 0. The molecule has 18 heavy (non-hydrogen) atoms. The molecule has 0 aromatic carbocycles. The second-order valence-corrected chi connectivity index (χ2v) is 6.68. The van der Waals surface area contributed by atoms with Crippen molar-refractivity contribution < 1.29 is 4.79 Å². The molecule has 1 N–H and O–H groups in total. The summed E-state index contributed by atoms with van der Waals surface area (Å²) in [4.78, 5) is 16.2. The van der Waals surface area contributed by atoms with Crippen LogP contribution in [-0.2, 0) is 5.41 Å². The van der Waals surface area contributed by atoms with E-state index in [1.165, 1.54) is 12.8 Å². The number of hydrogen-bond acceptors (Lipinski definition) is 2. The minimum absolute atomic E-state index is 0.0661. The largest absolute Gasteiger partial charge is 0.350 e. The van der Waals surface area contributed by atoms with Crippen molar-refractivity contribution in [2.24, 2.45) is 5.41 Å². The van der Waals surface area contributed by atoms with Crippen molar-refractivity contribution in [2.45, 2.75) is 46.0 Å². The molecule has 98 valence electrons. The number of rotatable bonds is 3. The van der Waals surface area contributed by atoms with E-state index in [0.717, 1.165) is 12.1 Å². The van der Waals surface area contributed by atoms with Gasteiger partial charge in [-0.2, -0.15) is 0 Å². The Kier molecular flexibility index (Phi) is 3.18. The Morgan fingerprint density at radius 1 is 1.39 bits per heavy atom. The van der Waals surface area contributed by atoms with Crippen molar-refractivity contribution >= 4 is 5.91 Å². The highest BCUT2D eigenvalue weighted by Gasteiger charge is 2.37. The quantitative estimate of drug-likeness (QED) is 0.891. The van der Waals surface area contributed by atoms with Crippen molar-refractivity contribution in [1.29, 1.82) is 0 Å². The number of amides is 1. The molecule has 0 unspecified atom stereocenters. The van der Waals surface area contributed by atoms with Crippen LogP contribution in [0, 0.1) is 5.41 Å². The lowest BCUT2D eigenvalue weighted by atomic mass is 9.88. The lowest BCUT2D eigenvalue weighted by molar-refractivity contribution is 0.0941. The summed E-state index contributed by atoms with van der Waals surface area (Å²) < 4.78 is 0. The van der Waals surface area contributed by atoms with E-state index in [1.54, 1.807) is 6.20 Å². The average molecular weight is 246 g/mol. The molecule has 3 heteroatoms. The molecule has 0 saturated heterocycles. The SMILES string of the molecule is CC1(CNC(=O)c2ccc(C(C)(C)C)cn2)CC1. The zero-order valence-corrected chi connectivity index (χ0v) is 11.7. The molecular weight excluding hydrogens is 224 g/mol. The third-order valence-electron chi connectivity index (χ3n) is 3.64. The van der Waals surface area contributed by atoms with E-state index in [1.807, 2.05) is 12.1 Å². The molecule has 1 fully saturated rings. The predicted octanol–water partition coefficient (Wildman–Crippen LogP) is 2.91. The van der Waals surface area contributed by atoms with Crippen LogP contribution in [0.25, 0.3) is 0 Å². The van der Waals surface area contributed by atoms with Gasteiger partial charge < -0.3 is 5.32 Å². The van der Waals surface area contributed by atoms with Gasteiger partial charge in [-0.1, -0.05) is 33.8 Å². The number of carbonyl (C=O) groups is 1. The first-order valence-corrected chi connectivity index (χ1v) is 6.55. The predicted molar refractivity (Wildman–Crippen MR) is 72.6 cm³/mol. The molecule has 1 aliphatic carbocycles. The van der Waals surface area contributed by atoms with Gasteiger partial charge in [0.1, 0.15) is 5.69 Å². The molecule has 1 aliphatic rings. The molecular formula is C15H22N2O. The maximum absolute atomic E-state index is 11.9. The first kappa shape index (κ1) is 13.1. The monoisotopic (exact) mass is 246 g/mol. The van der Waals surface area contributed by atoms with E-state index in [-0.39, 0.29) is 11.3 Å². The van der Waals surface area contributed by atoms with E-state index in [4.69, 9.17) is 0 Å². The van der Waals surface area contributed by atoms with E-state index in [2.05, 4.69) is 38.0 Å². The van der Waals surface area contributed by atoms with Gasteiger partial charge in [-0.05, 0) is 35.3 Å². The second kappa shape index (κ2) is 4.38. The zero-order chi connectivity index (χ0) is 13.4. The molecule has 0 atom stereocenters. The van der Waals surface area contributed by atoms with E-state index < -0.39 is 0 Å². The molecule has 1 amide bonds. The van der Waals surface area contributed by atoms with E-state index in [9.17, 15) is 4.79 Å². The molecule has 1 saturated carbocycles. The summed E-state index contributed by atoms with van der Waals surface area (Å²) in [6.45, 7) is 9.37. The molecule has 0 bridgehead atoms. The standard InChI is InChI=1S/C15H22N2O/c1-14(2,3)11-5-6-12(16-9-11)13(18)17-10-15(4)7-8-15/h5-6,9H,7-8,10H2,1-4H3,(H,17,18). The van der Waals surface area contributed by atoms with Gasteiger partial charge in [-0.25, -0.2) is 0 Å². The van der Waals surface area contributed by atoms with Crippen LogP contribution in [0.4, 0.5) is 0 Å². The van der Waals surface area contributed by atoms with Crippen LogP contribution in [0.2, 0.25) is 0 Å². The molecule has 0 radical (unpaired) electrons. The van der Waals surface area contributed by atoms with E-state index >= 15 is 0 Å². The average Bonchev–Trinajstić information content (AvgIpc) is 3.04. The van der Waals surface area contributed by atoms with Crippen LogP contribution >= 0.6 is 0 Å². The third-order valence-corrected chi connectivity index (χ3v) is 3.64. The molecule has 0 spiro atoms. The number of aromatic nitrogens is 1. The highest BCUT2D eigenvalue weighted by atomic mass is 16.1. The van der Waals surface area contributed by atoms with Gasteiger partial charge in [0, 0.05) is 12.7 Å². The topological polar surface area (TPSA) is 42.0 Å². The van der Waals surface area contributed by atoms with Crippen LogP contribution in [0.1, 0.15) is 56.6 Å². The molecule has 2 rings (SSSR count). The fourth-order valence-corrected chi connectivity index (χ4v) is 1.75. The normalized spacial score (nSPS) is 17.3. The van der Waals surface area contributed by atoms with Gasteiger partial charge in [0.2, 0.25) is 0 Å². The summed E-state index contributed by atoms with van der Waals surface area (Å²) in [5, 5.41) is 2.96. The fourth-order valence-electron chi connectivity index (χ4n) is 1.75.